The van der Waals surface area contributed by atoms with Gasteiger partial charge in [0.2, 0.25) is 0 Å². The molecule has 1 aromatic heterocycles. The Kier molecular flexibility index (Phi) is 6.25. The highest BCUT2D eigenvalue weighted by Crippen LogP contribution is 2.29. The van der Waals surface area contributed by atoms with Crippen molar-refractivity contribution >= 4 is 44.2 Å². The number of fused-ring (bicyclic) bond motifs is 1. The maximum Gasteiger partial charge on any atom is 0.260 e. The smallest absolute Gasteiger partial charge is 0.260 e. The van der Waals surface area contributed by atoms with Gasteiger partial charge in [0, 0.05) is 23.7 Å². The van der Waals surface area contributed by atoms with Gasteiger partial charge < -0.3 is 4.90 Å². The summed E-state index contributed by atoms with van der Waals surface area (Å²) >= 11 is 7.51. The number of likely N-dealkylation sites (N-methyl/N-ethyl adjacent to an activating group) is 1. The minimum Gasteiger partial charge on any atom is -0.302 e. The maximum atomic E-state index is 13.2. The number of anilines is 1. The van der Waals surface area contributed by atoms with Crippen molar-refractivity contribution in [2.75, 3.05) is 31.1 Å². The van der Waals surface area contributed by atoms with Crippen LogP contribution in [0.3, 0.4) is 0 Å². The fraction of sp³-hybridized carbons (Fsp3) is 0.300. The van der Waals surface area contributed by atoms with Crippen LogP contribution in [0.1, 0.15) is 24.2 Å². The molecule has 0 bridgehead atoms. The lowest BCUT2D eigenvalue weighted by atomic mass is 10.2. The largest absolute Gasteiger partial charge is 0.302 e. The first-order valence-corrected chi connectivity index (χ1v) is 9.97. The van der Waals surface area contributed by atoms with Crippen LogP contribution in [-0.2, 0) is 0 Å². The molecule has 0 spiro atoms. The number of nitrogens with zero attached hydrogens (tertiary/aromatic N) is 3. The Balaban J connectivity index is 1.92. The van der Waals surface area contributed by atoms with Gasteiger partial charge in [0.15, 0.2) is 5.13 Å². The molecule has 26 heavy (non-hydrogen) atoms. The minimum absolute atomic E-state index is 0.0483. The molecule has 3 rings (SSSR count). The van der Waals surface area contributed by atoms with Gasteiger partial charge in [-0.15, -0.1) is 0 Å². The van der Waals surface area contributed by atoms with Gasteiger partial charge >= 0.3 is 0 Å². The normalized spacial score (nSPS) is 11.2. The molecule has 0 aliphatic rings. The monoisotopic (exact) mass is 387 g/mol. The molecule has 2 aromatic carbocycles. The number of thiazole rings is 1. The van der Waals surface area contributed by atoms with Gasteiger partial charge in [0.1, 0.15) is 0 Å². The third kappa shape index (κ3) is 4.23. The average Bonchev–Trinajstić information content (AvgIpc) is 3.09. The summed E-state index contributed by atoms with van der Waals surface area (Å²) in [5.41, 5.74) is 1.54. The van der Waals surface area contributed by atoms with Gasteiger partial charge in [-0.3, -0.25) is 9.69 Å². The Hall–Kier alpha value is -1.95. The van der Waals surface area contributed by atoms with Crippen molar-refractivity contribution in [3.63, 3.8) is 0 Å². The lowest BCUT2D eigenvalue weighted by molar-refractivity contribution is 0.0984. The highest BCUT2D eigenvalue weighted by atomic mass is 35.5. The predicted molar refractivity (Wildman–Crippen MR) is 111 cm³/mol. The number of carbonyl (C=O) groups is 1. The number of carbonyl (C=O) groups excluding carboxylic acids is 1. The minimum atomic E-state index is -0.0483. The number of para-hydroxylation sites is 1. The molecule has 1 amide bonds. The van der Waals surface area contributed by atoms with Crippen LogP contribution < -0.4 is 4.90 Å². The standard InChI is InChI=1S/C20H22ClN3OS/c1-3-23(4-2)13-14-24(19(25)15-9-11-16(21)12-10-15)20-22-17-7-5-6-8-18(17)26-20/h5-12H,3-4,13-14H2,1-2H3. The fourth-order valence-electron chi connectivity index (χ4n) is 2.79. The van der Waals surface area contributed by atoms with Crippen molar-refractivity contribution in [2.24, 2.45) is 0 Å². The van der Waals surface area contributed by atoms with E-state index in [1.807, 2.05) is 24.3 Å². The van der Waals surface area contributed by atoms with Crippen LogP contribution in [0.2, 0.25) is 5.02 Å². The van der Waals surface area contributed by atoms with Crippen LogP contribution in [0.5, 0.6) is 0 Å². The highest BCUT2D eigenvalue weighted by Gasteiger charge is 2.21. The molecule has 0 radical (unpaired) electrons. The third-order valence-corrected chi connectivity index (χ3v) is 5.70. The van der Waals surface area contributed by atoms with E-state index in [0.717, 1.165) is 35.0 Å². The van der Waals surface area contributed by atoms with Gasteiger partial charge in [-0.05, 0) is 49.5 Å². The van der Waals surface area contributed by atoms with E-state index in [0.29, 0.717) is 17.1 Å². The van der Waals surface area contributed by atoms with Crippen LogP contribution >= 0.6 is 22.9 Å². The van der Waals surface area contributed by atoms with Crippen LogP contribution in [0.15, 0.2) is 48.5 Å². The summed E-state index contributed by atoms with van der Waals surface area (Å²) in [6, 6.07) is 15.0. The van der Waals surface area contributed by atoms with Crippen molar-refractivity contribution in [3.05, 3.63) is 59.1 Å². The van der Waals surface area contributed by atoms with Gasteiger partial charge in [-0.2, -0.15) is 0 Å². The van der Waals surface area contributed by atoms with Crippen molar-refractivity contribution in [1.29, 1.82) is 0 Å². The molecule has 0 N–H and O–H groups in total. The van der Waals surface area contributed by atoms with Crippen molar-refractivity contribution in [2.45, 2.75) is 13.8 Å². The molecule has 4 nitrogen and oxygen atoms in total. The first-order valence-electron chi connectivity index (χ1n) is 8.77. The van der Waals surface area contributed by atoms with E-state index in [-0.39, 0.29) is 5.91 Å². The summed E-state index contributed by atoms with van der Waals surface area (Å²) in [6.45, 7) is 7.59. The Morgan fingerprint density at radius 3 is 2.38 bits per heavy atom. The number of rotatable bonds is 7. The molecule has 0 fully saturated rings. The van der Waals surface area contributed by atoms with E-state index in [1.165, 1.54) is 0 Å². The molecule has 3 aromatic rings. The molecular weight excluding hydrogens is 366 g/mol. The Morgan fingerprint density at radius 1 is 1.04 bits per heavy atom. The summed E-state index contributed by atoms with van der Waals surface area (Å²) < 4.78 is 1.08. The number of aromatic nitrogens is 1. The van der Waals surface area contributed by atoms with Gasteiger partial charge in [0.25, 0.3) is 5.91 Å². The Morgan fingerprint density at radius 2 is 1.73 bits per heavy atom. The summed E-state index contributed by atoms with van der Waals surface area (Å²) in [5.74, 6) is -0.0483. The molecule has 0 aliphatic heterocycles. The summed E-state index contributed by atoms with van der Waals surface area (Å²) in [6.07, 6.45) is 0. The second-order valence-electron chi connectivity index (χ2n) is 5.95. The van der Waals surface area contributed by atoms with E-state index in [2.05, 4.69) is 23.7 Å². The van der Waals surface area contributed by atoms with Crippen LogP contribution in [0.25, 0.3) is 10.2 Å². The highest BCUT2D eigenvalue weighted by molar-refractivity contribution is 7.22. The van der Waals surface area contributed by atoms with Crippen LogP contribution in [0, 0.1) is 0 Å². The van der Waals surface area contributed by atoms with Crippen molar-refractivity contribution in [1.82, 2.24) is 9.88 Å². The Bertz CT molecular complexity index is 841. The second-order valence-corrected chi connectivity index (χ2v) is 7.40. The zero-order chi connectivity index (χ0) is 18.5. The summed E-state index contributed by atoms with van der Waals surface area (Å²) in [5, 5.41) is 1.36. The zero-order valence-corrected chi connectivity index (χ0v) is 16.6. The first-order chi connectivity index (χ1) is 12.6. The number of benzene rings is 2. The molecular formula is C20H22ClN3OS. The molecule has 136 valence electrons. The molecule has 0 atom stereocenters. The van der Waals surface area contributed by atoms with Gasteiger partial charge in [0.05, 0.1) is 10.2 Å². The van der Waals surface area contributed by atoms with E-state index in [1.54, 1.807) is 40.5 Å². The lowest BCUT2D eigenvalue weighted by Gasteiger charge is -2.24. The number of hydrogen-bond acceptors (Lipinski definition) is 4. The van der Waals surface area contributed by atoms with E-state index < -0.39 is 0 Å². The molecule has 0 unspecified atom stereocenters. The first kappa shape index (κ1) is 18.8. The van der Waals surface area contributed by atoms with Crippen LogP contribution in [0.4, 0.5) is 5.13 Å². The van der Waals surface area contributed by atoms with Crippen molar-refractivity contribution in [3.8, 4) is 0 Å². The van der Waals surface area contributed by atoms with E-state index in [4.69, 9.17) is 11.6 Å². The van der Waals surface area contributed by atoms with E-state index in [9.17, 15) is 4.79 Å². The zero-order valence-electron chi connectivity index (χ0n) is 15.0. The molecule has 0 saturated carbocycles. The molecule has 1 heterocycles. The average molecular weight is 388 g/mol. The number of hydrogen-bond donors (Lipinski definition) is 0. The Labute approximate surface area is 163 Å². The summed E-state index contributed by atoms with van der Waals surface area (Å²) in [4.78, 5) is 21.9. The lowest BCUT2D eigenvalue weighted by Crippen LogP contribution is -2.38. The second kappa shape index (κ2) is 8.62. The molecule has 0 saturated heterocycles. The summed E-state index contributed by atoms with van der Waals surface area (Å²) in [7, 11) is 0. The maximum absolute atomic E-state index is 13.2. The predicted octanol–water partition coefficient (Wildman–Crippen LogP) is 4.94. The van der Waals surface area contributed by atoms with Crippen LogP contribution in [-0.4, -0.2) is 42.0 Å². The van der Waals surface area contributed by atoms with Gasteiger partial charge in [-0.25, -0.2) is 4.98 Å². The van der Waals surface area contributed by atoms with Crippen molar-refractivity contribution < 1.29 is 4.79 Å². The quantitative estimate of drug-likeness (QED) is 0.576. The third-order valence-electron chi connectivity index (χ3n) is 4.38. The van der Waals surface area contributed by atoms with Gasteiger partial charge in [-0.1, -0.05) is 48.9 Å². The van der Waals surface area contributed by atoms with E-state index >= 15 is 0 Å². The molecule has 6 heteroatoms. The SMILES string of the molecule is CCN(CC)CCN(C(=O)c1ccc(Cl)cc1)c1nc2ccccc2s1. The fourth-order valence-corrected chi connectivity index (χ4v) is 3.91. The topological polar surface area (TPSA) is 36.4 Å². The number of amides is 1. The number of halogens is 1. The molecule has 0 aliphatic carbocycles.